The summed E-state index contributed by atoms with van der Waals surface area (Å²) in [7, 11) is 1.79. The third kappa shape index (κ3) is 6.14. The molecule has 0 radical (unpaired) electrons. The number of anilines is 1. The minimum Gasteiger partial charge on any atom is -0.491 e. The van der Waals surface area contributed by atoms with E-state index in [1.54, 1.807) is 29.9 Å². The van der Waals surface area contributed by atoms with Crippen molar-refractivity contribution < 1.29 is 23.0 Å². The number of alkyl halides is 3. The molecule has 0 amide bonds. The highest BCUT2D eigenvalue weighted by atomic mass is 35.5. The Labute approximate surface area is 247 Å². The molecule has 1 aromatic carbocycles. The van der Waals surface area contributed by atoms with Gasteiger partial charge in [-0.3, -0.25) is 9.58 Å². The van der Waals surface area contributed by atoms with Crippen molar-refractivity contribution in [3.63, 3.8) is 0 Å². The number of aliphatic hydroxyl groups excluding tert-OH is 1. The monoisotopic (exact) mass is 612 g/mol. The van der Waals surface area contributed by atoms with Gasteiger partial charge in [0, 0.05) is 55.3 Å². The highest BCUT2D eigenvalue weighted by Gasteiger charge is 2.54. The van der Waals surface area contributed by atoms with Gasteiger partial charge in [0.15, 0.2) is 11.0 Å². The SMILES string of the molecule is CCC[C@@H](O)COc1ccc(Cl)c(-c2nc(-c3c(C)c(Cl)nn3C)c(C)c(N3CC4(CN(CC(F)(F)F)C4)C3)n2)c1. The Kier molecular flexibility index (Phi) is 8.19. The average molecular weight is 614 g/mol. The van der Waals surface area contributed by atoms with E-state index in [-0.39, 0.29) is 12.0 Å². The summed E-state index contributed by atoms with van der Waals surface area (Å²) >= 11 is 13.0. The van der Waals surface area contributed by atoms with Crippen LogP contribution in [0.3, 0.4) is 0 Å². The fourth-order valence-electron chi connectivity index (χ4n) is 5.85. The van der Waals surface area contributed by atoms with Gasteiger partial charge >= 0.3 is 6.18 Å². The molecule has 2 fully saturated rings. The molecule has 4 heterocycles. The summed E-state index contributed by atoms with van der Waals surface area (Å²) in [4.78, 5) is 13.4. The molecule has 3 aromatic rings. The Balaban J connectivity index is 1.49. The lowest BCUT2D eigenvalue weighted by Gasteiger charge is -2.61. The molecule has 1 spiro atoms. The second-order valence-electron chi connectivity index (χ2n) is 11.2. The molecule has 0 aliphatic carbocycles. The van der Waals surface area contributed by atoms with E-state index in [0.29, 0.717) is 71.4 Å². The first-order valence-electron chi connectivity index (χ1n) is 13.5. The van der Waals surface area contributed by atoms with Crippen LogP contribution in [0, 0.1) is 19.3 Å². The van der Waals surface area contributed by atoms with Crippen LogP contribution in [0.5, 0.6) is 5.75 Å². The van der Waals surface area contributed by atoms with Crippen LogP contribution in [0.15, 0.2) is 18.2 Å². The van der Waals surface area contributed by atoms with Gasteiger partial charge in [-0.2, -0.15) is 18.3 Å². The zero-order chi connectivity index (χ0) is 29.7. The highest BCUT2D eigenvalue weighted by Crippen LogP contribution is 2.45. The number of nitrogens with zero attached hydrogens (tertiary/aromatic N) is 6. The number of aryl methyl sites for hydroxylation is 1. The maximum Gasteiger partial charge on any atom is 0.401 e. The molecule has 1 N–H and O–H groups in total. The molecule has 2 aromatic heterocycles. The minimum absolute atomic E-state index is 0.147. The number of halogens is 5. The number of likely N-dealkylation sites (tertiary alicyclic amines) is 1. The lowest BCUT2D eigenvalue weighted by Crippen LogP contribution is -2.73. The maximum atomic E-state index is 12.8. The van der Waals surface area contributed by atoms with E-state index in [2.05, 4.69) is 10.00 Å². The largest absolute Gasteiger partial charge is 0.491 e. The maximum absolute atomic E-state index is 12.8. The Bertz CT molecular complexity index is 1430. The molecule has 13 heteroatoms. The molecule has 2 saturated heterocycles. The molecule has 0 unspecified atom stereocenters. The van der Waals surface area contributed by atoms with Gasteiger partial charge in [-0.1, -0.05) is 36.5 Å². The third-order valence-electron chi connectivity index (χ3n) is 7.69. The van der Waals surface area contributed by atoms with Crippen LogP contribution in [-0.4, -0.2) is 81.4 Å². The topological polar surface area (TPSA) is 79.5 Å². The Hall–Kier alpha value is -2.60. The average Bonchev–Trinajstić information content (AvgIpc) is 3.10. The predicted molar refractivity (Wildman–Crippen MR) is 153 cm³/mol. The summed E-state index contributed by atoms with van der Waals surface area (Å²) in [6.45, 7) is 7.04. The van der Waals surface area contributed by atoms with Crippen LogP contribution in [0.1, 0.15) is 30.9 Å². The van der Waals surface area contributed by atoms with Crippen molar-refractivity contribution in [2.45, 2.75) is 45.9 Å². The molecule has 1 atom stereocenters. The van der Waals surface area contributed by atoms with Gasteiger partial charge in [0.05, 0.1) is 29.1 Å². The molecule has 5 rings (SSSR count). The summed E-state index contributed by atoms with van der Waals surface area (Å²) < 4.78 is 46.0. The van der Waals surface area contributed by atoms with Gasteiger partial charge in [-0.25, -0.2) is 9.97 Å². The van der Waals surface area contributed by atoms with E-state index >= 15 is 0 Å². The molecule has 41 heavy (non-hydrogen) atoms. The van der Waals surface area contributed by atoms with Crippen molar-refractivity contribution in [3.05, 3.63) is 39.5 Å². The van der Waals surface area contributed by atoms with E-state index in [1.165, 1.54) is 4.90 Å². The molecule has 0 bridgehead atoms. The van der Waals surface area contributed by atoms with E-state index in [0.717, 1.165) is 23.2 Å². The fraction of sp³-hybridized carbons (Fsp3) is 0.536. The molecule has 222 valence electrons. The lowest BCUT2D eigenvalue weighted by atomic mass is 9.72. The second kappa shape index (κ2) is 11.2. The summed E-state index contributed by atoms with van der Waals surface area (Å²) in [5.41, 5.74) is 3.32. The van der Waals surface area contributed by atoms with Crippen LogP contribution in [0.25, 0.3) is 22.8 Å². The zero-order valence-electron chi connectivity index (χ0n) is 23.4. The van der Waals surface area contributed by atoms with E-state index < -0.39 is 18.8 Å². The van der Waals surface area contributed by atoms with Gasteiger partial charge < -0.3 is 14.7 Å². The Morgan fingerprint density at radius 1 is 1.10 bits per heavy atom. The summed E-state index contributed by atoms with van der Waals surface area (Å²) in [6, 6.07) is 5.18. The van der Waals surface area contributed by atoms with Gasteiger partial charge in [0.2, 0.25) is 0 Å². The van der Waals surface area contributed by atoms with Crippen LogP contribution in [0.2, 0.25) is 10.2 Å². The van der Waals surface area contributed by atoms with Crippen molar-refractivity contribution >= 4 is 29.0 Å². The molecule has 0 saturated carbocycles. The minimum atomic E-state index is -4.20. The number of aromatic nitrogens is 4. The Morgan fingerprint density at radius 3 is 2.41 bits per heavy atom. The number of hydrogen-bond acceptors (Lipinski definition) is 7. The first kappa shape index (κ1) is 29.9. The highest BCUT2D eigenvalue weighted by molar-refractivity contribution is 6.33. The number of hydrogen-bond donors (Lipinski definition) is 1. The summed E-state index contributed by atoms with van der Waals surface area (Å²) in [6.07, 6.45) is -3.31. The van der Waals surface area contributed by atoms with Crippen LogP contribution in [-0.2, 0) is 7.05 Å². The number of benzene rings is 1. The zero-order valence-corrected chi connectivity index (χ0v) is 24.9. The van der Waals surface area contributed by atoms with Crippen molar-refractivity contribution in [2.24, 2.45) is 12.5 Å². The molecule has 2 aliphatic rings. The molecular formula is C28H33Cl2F3N6O2. The van der Waals surface area contributed by atoms with E-state index in [9.17, 15) is 18.3 Å². The molecule has 8 nitrogen and oxygen atoms in total. The molecular weight excluding hydrogens is 580 g/mol. The predicted octanol–water partition coefficient (Wildman–Crippen LogP) is 5.69. The Morgan fingerprint density at radius 2 is 1.80 bits per heavy atom. The lowest BCUT2D eigenvalue weighted by molar-refractivity contribution is -0.172. The van der Waals surface area contributed by atoms with Crippen LogP contribution >= 0.6 is 23.2 Å². The third-order valence-corrected chi connectivity index (χ3v) is 8.38. The normalized spacial score (nSPS) is 17.5. The first-order chi connectivity index (χ1) is 19.3. The number of aliphatic hydroxyl groups is 1. The quantitative estimate of drug-likeness (QED) is 0.332. The summed E-state index contributed by atoms with van der Waals surface area (Å²) in [5.74, 6) is 1.58. The molecule has 2 aliphatic heterocycles. The van der Waals surface area contributed by atoms with Crippen molar-refractivity contribution in [3.8, 4) is 28.5 Å². The van der Waals surface area contributed by atoms with Crippen molar-refractivity contribution in [2.75, 3.05) is 44.2 Å². The van der Waals surface area contributed by atoms with Crippen LogP contribution in [0.4, 0.5) is 19.0 Å². The summed E-state index contributed by atoms with van der Waals surface area (Å²) in [5, 5.41) is 15.3. The number of ether oxygens (including phenoxy) is 1. The first-order valence-corrected chi connectivity index (χ1v) is 14.3. The van der Waals surface area contributed by atoms with Gasteiger partial charge in [0.1, 0.15) is 18.2 Å². The second-order valence-corrected chi connectivity index (χ2v) is 12.0. The fourth-order valence-corrected chi connectivity index (χ4v) is 6.25. The van der Waals surface area contributed by atoms with Crippen molar-refractivity contribution in [1.82, 2.24) is 24.6 Å². The standard InChI is InChI=1S/C28H33Cl2F3N6O2/c1-5-6-18(40)10-41-19-7-8-21(29)20(9-19)25-34-22(23-17(3)24(30)36-37(23)4)16(2)26(35-25)39-13-27(14-39)11-38(12-27)15-28(31,32)33/h7-9,18,40H,5-6,10-15H2,1-4H3/t18-/m1/s1. The van der Waals surface area contributed by atoms with Crippen LogP contribution < -0.4 is 9.64 Å². The van der Waals surface area contributed by atoms with E-state index in [1.807, 2.05) is 20.8 Å². The van der Waals surface area contributed by atoms with Gasteiger partial charge in [-0.05, 0) is 38.5 Å². The number of rotatable bonds is 9. The van der Waals surface area contributed by atoms with E-state index in [4.69, 9.17) is 37.9 Å². The van der Waals surface area contributed by atoms with Gasteiger partial charge in [0.25, 0.3) is 0 Å². The van der Waals surface area contributed by atoms with Gasteiger partial charge in [-0.15, -0.1) is 0 Å². The van der Waals surface area contributed by atoms with Crippen molar-refractivity contribution in [1.29, 1.82) is 0 Å². The smallest absolute Gasteiger partial charge is 0.401 e.